The first-order valence-electron chi connectivity index (χ1n) is 8.94. The number of imide groups is 1. The molecule has 0 bridgehead atoms. The van der Waals surface area contributed by atoms with Gasteiger partial charge >= 0.3 is 6.03 Å². The second-order valence-corrected chi connectivity index (χ2v) is 9.12. The first-order chi connectivity index (χ1) is 13.0. The highest BCUT2D eigenvalue weighted by Crippen LogP contribution is 2.25. The molecule has 1 atom stereocenters. The minimum absolute atomic E-state index is 0.0499. The van der Waals surface area contributed by atoms with Crippen LogP contribution in [0.5, 0.6) is 0 Å². The van der Waals surface area contributed by atoms with Crippen LogP contribution in [0.1, 0.15) is 30.9 Å². The number of nitrogens with zero attached hydrogens (tertiary/aromatic N) is 2. The molecule has 2 N–H and O–H groups in total. The Kier molecular flexibility index (Phi) is 6.45. The Morgan fingerprint density at radius 3 is 2.46 bits per heavy atom. The van der Waals surface area contributed by atoms with Crippen LogP contribution in [0.3, 0.4) is 0 Å². The SMILES string of the molecule is CCCC1NC(=O)N(CC(=O)Nc2cc(S(=O)(=O)N(C)C)cc(C)c2C)C1=O. The zero-order valence-corrected chi connectivity index (χ0v) is 17.5. The Bertz CT molecular complexity index is 911. The lowest BCUT2D eigenvalue weighted by molar-refractivity contribution is -0.130. The van der Waals surface area contributed by atoms with Crippen molar-refractivity contribution in [1.29, 1.82) is 0 Å². The second kappa shape index (κ2) is 8.27. The van der Waals surface area contributed by atoms with E-state index in [4.69, 9.17) is 0 Å². The van der Waals surface area contributed by atoms with Gasteiger partial charge in [-0.15, -0.1) is 0 Å². The zero-order valence-electron chi connectivity index (χ0n) is 16.7. The Morgan fingerprint density at radius 1 is 1.25 bits per heavy atom. The van der Waals surface area contributed by atoms with E-state index in [9.17, 15) is 22.8 Å². The molecular weight excluding hydrogens is 384 g/mol. The summed E-state index contributed by atoms with van der Waals surface area (Å²) in [5.74, 6) is -1.01. The second-order valence-electron chi connectivity index (χ2n) is 6.96. The summed E-state index contributed by atoms with van der Waals surface area (Å²) in [6, 6.07) is 1.70. The first-order valence-corrected chi connectivity index (χ1v) is 10.4. The van der Waals surface area contributed by atoms with Gasteiger partial charge in [0, 0.05) is 19.8 Å². The molecule has 1 unspecified atom stereocenters. The van der Waals surface area contributed by atoms with Crippen molar-refractivity contribution in [2.75, 3.05) is 26.0 Å². The number of rotatable bonds is 7. The summed E-state index contributed by atoms with van der Waals surface area (Å²) in [6.07, 6.45) is 1.23. The molecule has 9 nitrogen and oxygen atoms in total. The van der Waals surface area contributed by atoms with Gasteiger partial charge in [-0.25, -0.2) is 17.5 Å². The van der Waals surface area contributed by atoms with Gasteiger partial charge in [-0.3, -0.25) is 14.5 Å². The quantitative estimate of drug-likeness (QED) is 0.656. The molecule has 1 aromatic rings. The van der Waals surface area contributed by atoms with Gasteiger partial charge in [0.2, 0.25) is 15.9 Å². The molecule has 0 aliphatic carbocycles. The van der Waals surface area contributed by atoms with Gasteiger partial charge in [0.25, 0.3) is 5.91 Å². The molecule has 1 aromatic carbocycles. The third-order valence-electron chi connectivity index (χ3n) is 4.68. The van der Waals surface area contributed by atoms with Crippen LogP contribution in [0.15, 0.2) is 17.0 Å². The molecule has 4 amide bonds. The van der Waals surface area contributed by atoms with Crippen molar-refractivity contribution in [3.05, 3.63) is 23.3 Å². The average Bonchev–Trinajstić information content (AvgIpc) is 2.86. The number of anilines is 1. The highest BCUT2D eigenvalue weighted by atomic mass is 32.2. The van der Waals surface area contributed by atoms with E-state index in [1.165, 1.54) is 26.2 Å². The fourth-order valence-corrected chi connectivity index (χ4v) is 3.87. The summed E-state index contributed by atoms with van der Waals surface area (Å²) < 4.78 is 25.9. The van der Waals surface area contributed by atoms with E-state index in [1.807, 2.05) is 6.92 Å². The number of nitrogens with one attached hydrogen (secondary N) is 2. The summed E-state index contributed by atoms with van der Waals surface area (Å²) in [5, 5.41) is 5.18. The van der Waals surface area contributed by atoms with Gasteiger partial charge in [0.1, 0.15) is 12.6 Å². The molecule has 10 heteroatoms. The molecule has 0 aromatic heterocycles. The molecule has 1 heterocycles. The zero-order chi connectivity index (χ0) is 21.2. The highest BCUT2D eigenvalue weighted by Gasteiger charge is 2.38. The minimum atomic E-state index is -3.67. The van der Waals surface area contributed by atoms with Gasteiger partial charge in [-0.05, 0) is 43.5 Å². The third kappa shape index (κ3) is 4.33. The Labute approximate surface area is 165 Å². The van der Waals surface area contributed by atoms with Gasteiger partial charge < -0.3 is 10.6 Å². The van der Waals surface area contributed by atoms with Gasteiger partial charge in [-0.2, -0.15) is 0 Å². The van der Waals surface area contributed by atoms with Crippen LogP contribution in [0.2, 0.25) is 0 Å². The van der Waals surface area contributed by atoms with Crippen LogP contribution >= 0.6 is 0 Å². The number of aryl methyl sites for hydroxylation is 1. The number of carbonyl (C=O) groups excluding carboxylic acids is 3. The average molecular weight is 410 g/mol. The Morgan fingerprint density at radius 2 is 1.89 bits per heavy atom. The standard InChI is InChI=1S/C18H26N4O5S/c1-6-7-14-17(24)22(18(25)20-14)10-16(23)19-15-9-13(8-11(2)12(15)3)28(26,27)21(4)5/h8-9,14H,6-7,10H2,1-5H3,(H,19,23)(H,20,25). The lowest BCUT2D eigenvalue weighted by Gasteiger charge is -2.17. The van der Waals surface area contributed by atoms with Crippen LogP contribution in [-0.2, 0) is 19.6 Å². The first kappa shape index (κ1) is 21.8. The summed E-state index contributed by atoms with van der Waals surface area (Å²) in [6.45, 7) is 4.96. The predicted molar refractivity (Wildman–Crippen MR) is 104 cm³/mol. The molecule has 1 fully saturated rings. The molecule has 1 aliphatic heterocycles. The molecule has 28 heavy (non-hydrogen) atoms. The van der Waals surface area contributed by atoms with Crippen molar-refractivity contribution in [1.82, 2.24) is 14.5 Å². The summed E-state index contributed by atoms with van der Waals surface area (Å²) in [7, 11) is -0.827. The van der Waals surface area contributed by atoms with E-state index in [0.29, 0.717) is 23.2 Å². The van der Waals surface area contributed by atoms with Crippen molar-refractivity contribution in [3.8, 4) is 0 Å². The molecule has 0 radical (unpaired) electrons. The normalized spacial score (nSPS) is 17.2. The molecule has 0 saturated carbocycles. The van der Waals surface area contributed by atoms with E-state index >= 15 is 0 Å². The van der Waals surface area contributed by atoms with Gasteiger partial charge in [0.15, 0.2) is 0 Å². The van der Waals surface area contributed by atoms with Crippen molar-refractivity contribution in [2.45, 2.75) is 44.6 Å². The maximum atomic E-state index is 12.4. The fourth-order valence-electron chi connectivity index (χ4n) is 2.86. The van der Waals surface area contributed by atoms with Crippen LogP contribution < -0.4 is 10.6 Å². The van der Waals surface area contributed by atoms with E-state index in [1.54, 1.807) is 13.8 Å². The van der Waals surface area contributed by atoms with Crippen molar-refractivity contribution >= 4 is 33.6 Å². The molecule has 154 valence electrons. The van der Waals surface area contributed by atoms with Crippen LogP contribution in [0.4, 0.5) is 10.5 Å². The molecule has 0 spiro atoms. The van der Waals surface area contributed by atoms with Crippen LogP contribution in [0.25, 0.3) is 0 Å². The largest absolute Gasteiger partial charge is 0.326 e. The smallest absolute Gasteiger partial charge is 0.325 e. The summed E-state index contributed by atoms with van der Waals surface area (Å²) in [5.41, 5.74) is 1.71. The molecule has 1 saturated heterocycles. The van der Waals surface area contributed by atoms with E-state index < -0.39 is 40.5 Å². The van der Waals surface area contributed by atoms with Crippen LogP contribution in [0, 0.1) is 13.8 Å². The van der Waals surface area contributed by atoms with Crippen molar-refractivity contribution in [3.63, 3.8) is 0 Å². The number of hydrogen-bond donors (Lipinski definition) is 2. The monoisotopic (exact) mass is 410 g/mol. The highest BCUT2D eigenvalue weighted by molar-refractivity contribution is 7.89. The molecular formula is C18H26N4O5S. The van der Waals surface area contributed by atoms with Gasteiger partial charge in [0.05, 0.1) is 4.90 Å². The maximum Gasteiger partial charge on any atom is 0.325 e. The van der Waals surface area contributed by atoms with Crippen molar-refractivity contribution in [2.24, 2.45) is 0 Å². The summed E-state index contributed by atoms with van der Waals surface area (Å²) in [4.78, 5) is 37.6. The predicted octanol–water partition coefficient (Wildman–Crippen LogP) is 1.21. The Hall–Kier alpha value is -2.46. The molecule has 1 aliphatic rings. The van der Waals surface area contributed by atoms with E-state index in [-0.39, 0.29) is 4.90 Å². The number of urea groups is 1. The topological polar surface area (TPSA) is 116 Å². The number of sulfonamides is 1. The van der Waals surface area contributed by atoms with Crippen LogP contribution in [-0.4, -0.2) is 62.2 Å². The lowest BCUT2D eigenvalue weighted by atomic mass is 10.1. The van der Waals surface area contributed by atoms with Crippen molar-refractivity contribution < 1.29 is 22.8 Å². The number of carbonyl (C=O) groups is 3. The number of amides is 4. The maximum absolute atomic E-state index is 12.4. The summed E-state index contributed by atoms with van der Waals surface area (Å²) >= 11 is 0. The number of benzene rings is 1. The number of hydrogen-bond acceptors (Lipinski definition) is 5. The lowest BCUT2D eigenvalue weighted by Crippen LogP contribution is -2.38. The van der Waals surface area contributed by atoms with Gasteiger partial charge in [-0.1, -0.05) is 13.3 Å². The molecule has 2 rings (SSSR count). The van der Waals surface area contributed by atoms with E-state index in [2.05, 4.69) is 10.6 Å². The third-order valence-corrected chi connectivity index (χ3v) is 6.47. The van der Waals surface area contributed by atoms with E-state index in [0.717, 1.165) is 15.6 Å². The Balaban J connectivity index is 2.21. The minimum Gasteiger partial charge on any atom is -0.326 e. The fraction of sp³-hybridized carbons (Fsp3) is 0.500.